The Labute approximate surface area is 110 Å². The van der Waals surface area contributed by atoms with E-state index in [1.54, 1.807) is 7.11 Å². The molecule has 1 saturated carbocycles. The zero-order valence-electron chi connectivity index (χ0n) is 11.9. The van der Waals surface area contributed by atoms with E-state index >= 15 is 0 Å². The third kappa shape index (κ3) is 2.53. The number of nitrogens with one attached hydrogen (secondary N) is 1. The van der Waals surface area contributed by atoms with E-state index in [4.69, 9.17) is 4.74 Å². The van der Waals surface area contributed by atoms with E-state index in [0.29, 0.717) is 12.0 Å². The van der Waals surface area contributed by atoms with Crippen molar-refractivity contribution in [3.8, 4) is 5.75 Å². The monoisotopic (exact) mass is 251 g/mol. The Kier molecular flexibility index (Phi) is 4.27. The third-order valence-corrected chi connectivity index (χ3v) is 4.22. The summed E-state index contributed by atoms with van der Waals surface area (Å²) in [5.41, 5.74) is 1.18. The quantitative estimate of drug-likeness (QED) is 0.893. The molecule has 0 radical (unpaired) electrons. The summed E-state index contributed by atoms with van der Waals surface area (Å²) in [6.07, 6.45) is 7.11. The van der Waals surface area contributed by atoms with Crippen LogP contribution in [0.4, 0.5) is 0 Å². The number of hydrogen-bond acceptors (Lipinski definition) is 3. The molecule has 4 heteroatoms. The van der Waals surface area contributed by atoms with E-state index in [1.807, 2.05) is 25.0 Å². The molecular formula is C14H25N3O. The number of ether oxygens (including phenoxy) is 1. The predicted molar refractivity (Wildman–Crippen MR) is 72.7 cm³/mol. The zero-order chi connectivity index (χ0) is 13.1. The molecule has 1 heterocycles. The van der Waals surface area contributed by atoms with Crippen LogP contribution < -0.4 is 10.1 Å². The molecule has 4 nitrogen and oxygen atoms in total. The van der Waals surface area contributed by atoms with E-state index in [-0.39, 0.29) is 0 Å². The largest absolute Gasteiger partial charge is 0.493 e. The SMILES string of the molecule is CNC(c1c(OC)cnn1C)C1CCCC(C)C1. The number of methoxy groups -OCH3 is 1. The lowest BCUT2D eigenvalue weighted by molar-refractivity contribution is 0.221. The number of nitrogens with zero attached hydrogens (tertiary/aromatic N) is 2. The fourth-order valence-electron chi connectivity index (χ4n) is 3.32. The van der Waals surface area contributed by atoms with Crippen LogP contribution in [0.1, 0.15) is 44.3 Å². The second kappa shape index (κ2) is 5.74. The van der Waals surface area contributed by atoms with E-state index in [9.17, 15) is 0 Å². The molecule has 1 aromatic heterocycles. The summed E-state index contributed by atoms with van der Waals surface area (Å²) in [7, 11) is 5.75. The molecule has 0 aliphatic heterocycles. The van der Waals surface area contributed by atoms with Crippen LogP contribution in [-0.4, -0.2) is 23.9 Å². The second-order valence-electron chi connectivity index (χ2n) is 5.52. The predicted octanol–water partition coefficient (Wildman–Crippen LogP) is 2.52. The maximum Gasteiger partial charge on any atom is 0.161 e. The molecule has 1 aliphatic rings. The minimum atomic E-state index is 0.343. The minimum absolute atomic E-state index is 0.343. The first-order chi connectivity index (χ1) is 8.67. The smallest absolute Gasteiger partial charge is 0.161 e. The number of rotatable bonds is 4. The molecule has 0 saturated heterocycles. The van der Waals surface area contributed by atoms with Crippen molar-refractivity contribution in [3.05, 3.63) is 11.9 Å². The molecule has 2 rings (SSSR count). The average molecular weight is 251 g/mol. The van der Waals surface area contributed by atoms with Crippen LogP contribution in [0.25, 0.3) is 0 Å². The van der Waals surface area contributed by atoms with Gasteiger partial charge in [-0.2, -0.15) is 5.10 Å². The van der Waals surface area contributed by atoms with Crippen LogP contribution in [0.2, 0.25) is 0 Å². The van der Waals surface area contributed by atoms with E-state index in [0.717, 1.165) is 11.7 Å². The van der Waals surface area contributed by atoms with Crippen molar-refractivity contribution in [1.82, 2.24) is 15.1 Å². The first kappa shape index (κ1) is 13.4. The van der Waals surface area contributed by atoms with Gasteiger partial charge in [0, 0.05) is 7.05 Å². The summed E-state index contributed by atoms with van der Waals surface area (Å²) in [6.45, 7) is 2.36. The lowest BCUT2D eigenvalue weighted by atomic mass is 9.77. The van der Waals surface area contributed by atoms with E-state index in [1.165, 1.54) is 31.4 Å². The molecule has 1 fully saturated rings. The molecule has 0 bridgehead atoms. The number of aryl methyl sites for hydroxylation is 1. The Hall–Kier alpha value is -1.03. The summed E-state index contributed by atoms with van der Waals surface area (Å²) in [5, 5.41) is 7.79. The number of aromatic nitrogens is 2. The molecule has 1 aliphatic carbocycles. The molecule has 0 spiro atoms. The molecule has 0 amide bonds. The van der Waals surface area contributed by atoms with Gasteiger partial charge in [0.15, 0.2) is 5.75 Å². The molecule has 3 atom stereocenters. The van der Waals surface area contributed by atoms with Gasteiger partial charge in [-0.15, -0.1) is 0 Å². The highest BCUT2D eigenvalue weighted by molar-refractivity contribution is 5.28. The van der Waals surface area contributed by atoms with Gasteiger partial charge < -0.3 is 10.1 Å². The summed E-state index contributed by atoms with van der Waals surface area (Å²) >= 11 is 0. The standard InChI is InChI=1S/C14H25N3O/c1-10-6-5-7-11(8-10)13(15-2)14-12(18-4)9-16-17(14)3/h9-11,13,15H,5-8H2,1-4H3. The molecule has 0 aromatic carbocycles. The highest BCUT2D eigenvalue weighted by atomic mass is 16.5. The fourth-order valence-corrected chi connectivity index (χ4v) is 3.32. The lowest BCUT2D eigenvalue weighted by Gasteiger charge is -2.33. The first-order valence-electron chi connectivity index (χ1n) is 6.90. The van der Waals surface area contributed by atoms with Crippen LogP contribution in [0.3, 0.4) is 0 Å². The van der Waals surface area contributed by atoms with Crippen molar-refractivity contribution in [3.63, 3.8) is 0 Å². The summed E-state index contributed by atoms with van der Waals surface area (Å²) in [5.74, 6) is 2.41. The highest BCUT2D eigenvalue weighted by Crippen LogP contribution is 2.39. The summed E-state index contributed by atoms with van der Waals surface area (Å²) < 4.78 is 7.39. The molecule has 1 N–H and O–H groups in total. The van der Waals surface area contributed by atoms with Gasteiger partial charge in [0.2, 0.25) is 0 Å². The average Bonchev–Trinajstić information content (AvgIpc) is 2.72. The Bertz CT molecular complexity index is 388. The van der Waals surface area contributed by atoms with Crippen LogP contribution in [-0.2, 0) is 7.05 Å². The highest BCUT2D eigenvalue weighted by Gasteiger charge is 2.30. The van der Waals surface area contributed by atoms with Crippen molar-refractivity contribution < 1.29 is 4.74 Å². The summed E-state index contributed by atoms with van der Waals surface area (Å²) in [6, 6.07) is 0.343. The van der Waals surface area contributed by atoms with Gasteiger partial charge in [-0.3, -0.25) is 4.68 Å². The Morgan fingerprint density at radius 2 is 2.28 bits per heavy atom. The van der Waals surface area contributed by atoms with Crippen LogP contribution >= 0.6 is 0 Å². The van der Waals surface area contributed by atoms with Gasteiger partial charge in [0.05, 0.1) is 25.0 Å². The second-order valence-corrected chi connectivity index (χ2v) is 5.52. The topological polar surface area (TPSA) is 39.1 Å². The van der Waals surface area contributed by atoms with Crippen molar-refractivity contribution in [1.29, 1.82) is 0 Å². The van der Waals surface area contributed by atoms with Gasteiger partial charge in [0.1, 0.15) is 0 Å². The van der Waals surface area contributed by atoms with E-state index < -0.39 is 0 Å². The maximum absolute atomic E-state index is 5.44. The Balaban J connectivity index is 2.24. The molecule has 1 aromatic rings. The minimum Gasteiger partial charge on any atom is -0.493 e. The van der Waals surface area contributed by atoms with E-state index in [2.05, 4.69) is 17.3 Å². The molecular weight excluding hydrogens is 226 g/mol. The van der Waals surface area contributed by atoms with Crippen LogP contribution in [0.5, 0.6) is 5.75 Å². The fraction of sp³-hybridized carbons (Fsp3) is 0.786. The summed E-state index contributed by atoms with van der Waals surface area (Å²) in [4.78, 5) is 0. The molecule has 102 valence electrons. The van der Waals surface area contributed by atoms with Crippen molar-refractivity contribution in [2.75, 3.05) is 14.2 Å². The zero-order valence-corrected chi connectivity index (χ0v) is 11.9. The van der Waals surface area contributed by atoms with Crippen molar-refractivity contribution in [2.24, 2.45) is 18.9 Å². The van der Waals surface area contributed by atoms with Crippen molar-refractivity contribution >= 4 is 0 Å². The molecule has 3 unspecified atom stereocenters. The normalized spacial score (nSPS) is 26.0. The van der Waals surface area contributed by atoms with Crippen molar-refractivity contribution in [2.45, 2.75) is 38.6 Å². The Morgan fingerprint density at radius 1 is 1.50 bits per heavy atom. The Morgan fingerprint density at radius 3 is 2.89 bits per heavy atom. The first-order valence-corrected chi connectivity index (χ1v) is 6.90. The van der Waals surface area contributed by atoms with Crippen LogP contribution in [0.15, 0.2) is 6.20 Å². The maximum atomic E-state index is 5.44. The van der Waals surface area contributed by atoms with Gasteiger partial charge in [-0.25, -0.2) is 0 Å². The lowest BCUT2D eigenvalue weighted by Crippen LogP contribution is -2.30. The van der Waals surface area contributed by atoms with Gasteiger partial charge in [-0.1, -0.05) is 19.8 Å². The van der Waals surface area contributed by atoms with Gasteiger partial charge in [-0.05, 0) is 31.7 Å². The van der Waals surface area contributed by atoms with Crippen LogP contribution in [0, 0.1) is 11.8 Å². The van der Waals surface area contributed by atoms with Gasteiger partial charge in [0.25, 0.3) is 0 Å². The number of hydrogen-bond donors (Lipinski definition) is 1. The third-order valence-electron chi connectivity index (χ3n) is 4.22. The molecule has 18 heavy (non-hydrogen) atoms. The van der Waals surface area contributed by atoms with Gasteiger partial charge >= 0.3 is 0 Å².